The zero-order chi connectivity index (χ0) is 22.1. The average molecular weight is 438 g/mol. The van der Waals surface area contributed by atoms with E-state index < -0.39 is 29.7 Å². The highest BCUT2D eigenvalue weighted by atomic mass is 32.1. The van der Waals surface area contributed by atoms with E-state index in [2.05, 4.69) is 4.99 Å². The summed E-state index contributed by atoms with van der Waals surface area (Å²) in [5.41, 5.74) is -0.671. The standard InChI is InChI=1S/C20H17F3N2O4S/c1-3-14(18(27)28)25-15-8-7-13(29-2)10-16(15)30-19(25)24-17(26)11-5-4-6-12(9-11)20(21,22)23/h4-10,14H,3H2,1-2H3,(H,27,28)/b24-19-. The van der Waals surface area contributed by atoms with Gasteiger partial charge < -0.3 is 14.4 Å². The summed E-state index contributed by atoms with van der Waals surface area (Å²) in [5.74, 6) is -1.47. The van der Waals surface area contributed by atoms with Gasteiger partial charge in [0.1, 0.15) is 11.8 Å². The number of halogens is 3. The molecule has 3 aromatic rings. The molecule has 1 N–H and O–H groups in total. The van der Waals surface area contributed by atoms with Gasteiger partial charge in [0.2, 0.25) is 0 Å². The smallest absolute Gasteiger partial charge is 0.416 e. The molecule has 0 saturated carbocycles. The van der Waals surface area contributed by atoms with Crippen molar-refractivity contribution in [3.05, 3.63) is 58.4 Å². The molecule has 1 atom stereocenters. The Morgan fingerprint density at radius 3 is 2.57 bits per heavy atom. The molecule has 2 aromatic carbocycles. The number of aromatic nitrogens is 1. The predicted octanol–water partition coefficient (Wildman–Crippen LogP) is 4.51. The Hall–Kier alpha value is -3.14. The number of fused-ring (bicyclic) bond motifs is 1. The van der Waals surface area contributed by atoms with Gasteiger partial charge in [0.05, 0.1) is 22.9 Å². The number of carbonyl (C=O) groups is 2. The first-order valence-corrected chi connectivity index (χ1v) is 9.65. The second-order valence-corrected chi connectivity index (χ2v) is 7.36. The Morgan fingerprint density at radius 1 is 1.23 bits per heavy atom. The van der Waals surface area contributed by atoms with Crippen molar-refractivity contribution in [3.8, 4) is 5.75 Å². The van der Waals surface area contributed by atoms with Crippen LogP contribution in [0.5, 0.6) is 5.75 Å². The number of aliphatic carboxylic acids is 1. The predicted molar refractivity (Wildman–Crippen MR) is 105 cm³/mol. The lowest BCUT2D eigenvalue weighted by Gasteiger charge is -2.13. The second kappa shape index (κ2) is 8.31. The van der Waals surface area contributed by atoms with Gasteiger partial charge in [-0.2, -0.15) is 18.2 Å². The molecule has 1 aromatic heterocycles. The van der Waals surface area contributed by atoms with Crippen LogP contribution in [-0.2, 0) is 11.0 Å². The van der Waals surface area contributed by atoms with E-state index in [1.807, 2.05) is 0 Å². The number of carbonyl (C=O) groups excluding carboxylic acids is 1. The zero-order valence-corrected chi connectivity index (χ0v) is 16.8. The molecule has 0 aliphatic carbocycles. The molecule has 30 heavy (non-hydrogen) atoms. The Balaban J connectivity index is 2.20. The van der Waals surface area contributed by atoms with Crippen molar-refractivity contribution in [1.29, 1.82) is 0 Å². The van der Waals surface area contributed by atoms with Gasteiger partial charge >= 0.3 is 12.1 Å². The van der Waals surface area contributed by atoms with Crippen LogP contribution in [0.2, 0.25) is 0 Å². The van der Waals surface area contributed by atoms with E-state index in [0.717, 1.165) is 29.5 Å². The van der Waals surface area contributed by atoms with Crippen molar-refractivity contribution in [3.63, 3.8) is 0 Å². The molecule has 3 rings (SSSR count). The van der Waals surface area contributed by atoms with E-state index in [4.69, 9.17) is 4.74 Å². The van der Waals surface area contributed by atoms with Crippen LogP contribution >= 0.6 is 11.3 Å². The molecule has 0 bridgehead atoms. The Labute approximate surface area is 172 Å². The number of carboxylic acid groups (broad SMARTS) is 1. The number of nitrogens with zero attached hydrogens (tertiary/aromatic N) is 2. The molecule has 10 heteroatoms. The van der Waals surface area contributed by atoms with Gasteiger partial charge in [0.25, 0.3) is 5.91 Å². The van der Waals surface area contributed by atoms with Gasteiger partial charge in [0, 0.05) is 5.56 Å². The first kappa shape index (κ1) is 21.6. The molecule has 6 nitrogen and oxygen atoms in total. The topological polar surface area (TPSA) is 80.9 Å². The molecule has 0 radical (unpaired) electrons. The van der Waals surface area contributed by atoms with Crippen LogP contribution in [0.1, 0.15) is 35.3 Å². The quantitative estimate of drug-likeness (QED) is 0.636. The summed E-state index contributed by atoms with van der Waals surface area (Å²) in [7, 11) is 1.48. The van der Waals surface area contributed by atoms with Crippen LogP contribution in [0.15, 0.2) is 47.5 Å². The third-order valence-corrected chi connectivity index (χ3v) is 5.47. The number of hydrogen-bond donors (Lipinski definition) is 1. The number of ether oxygens (including phenoxy) is 1. The summed E-state index contributed by atoms with van der Waals surface area (Å²) >= 11 is 1.06. The summed E-state index contributed by atoms with van der Waals surface area (Å²) in [6.45, 7) is 1.68. The molecular formula is C20H17F3N2O4S. The summed E-state index contributed by atoms with van der Waals surface area (Å²) < 4.78 is 46.1. The molecule has 0 spiro atoms. The highest BCUT2D eigenvalue weighted by Gasteiger charge is 2.31. The molecule has 1 heterocycles. The van der Waals surface area contributed by atoms with Crippen molar-refractivity contribution in [1.82, 2.24) is 4.57 Å². The summed E-state index contributed by atoms with van der Waals surface area (Å²) in [5, 5.41) is 9.61. The summed E-state index contributed by atoms with van der Waals surface area (Å²) in [6, 6.07) is 7.93. The van der Waals surface area contributed by atoms with Crippen molar-refractivity contribution in [2.45, 2.75) is 25.6 Å². The van der Waals surface area contributed by atoms with E-state index >= 15 is 0 Å². The van der Waals surface area contributed by atoms with Crippen LogP contribution in [0.25, 0.3) is 10.2 Å². The lowest BCUT2D eigenvalue weighted by Crippen LogP contribution is -2.27. The number of benzene rings is 2. The van der Waals surface area contributed by atoms with E-state index in [9.17, 15) is 27.9 Å². The zero-order valence-electron chi connectivity index (χ0n) is 15.9. The minimum absolute atomic E-state index is 0.0786. The van der Waals surface area contributed by atoms with Gasteiger partial charge in [-0.15, -0.1) is 0 Å². The molecule has 0 fully saturated rings. The first-order valence-electron chi connectivity index (χ1n) is 8.84. The molecule has 1 amide bonds. The van der Waals surface area contributed by atoms with Gasteiger partial charge in [-0.05, 0) is 42.8 Å². The maximum absolute atomic E-state index is 13.0. The minimum Gasteiger partial charge on any atom is -0.497 e. The maximum Gasteiger partial charge on any atom is 0.416 e. The van der Waals surface area contributed by atoms with E-state index in [-0.39, 0.29) is 16.8 Å². The highest BCUT2D eigenvalue weighted by molar-refractivity contribution is 7.16. The molecule has 1 unspecified atom stereocenters. The molecule has 0 saturated heterocycles. The number of carboxylic acids is 1. The van der Waals surface area contributed by atoms with Crippen molar-refractivity contribution < 1.29 is 32.6 Å². The number of alkyl halides is 3. The fourth-order valence-electron chi connectivity index (χ4n) is 2.98. The average Bonchev–Trinajstić information content (AvgIpc) is 3.04. The number of amides is 1. The Bertz CT molecular complexity index is 1180. The van der Waals surface area contributed by atoms with E-state index in [1.54, 1.807) is 25.1 Å². The third-order valence-electron chi connectivity index (χ3n) is 4.45. The van der Waals surface area contributed by atoms with Crippen LogP contribution in [-0.4, -0.2) is 28.7 Å². The van der Waals surface area contributed by atoms with Crippen molar-refractivity contribution in [2.24, 2.45) is 4.99 Å². The second-order valence-electron chi connectivity index (χ2n) is 6.35. The number of rotatable bonds is 5. The third kappa shape index (κ3) is 4.23. The Kier molecular flexibility index (Phi) is 5.97. The fourth-order valence-corrected chi connectivity index (χ4v) is 4.07. The monoisotopic (exact) mass is 438 g/mol. The summed E-state index contributed by atoms with van der Waals surface area (Å²) in [6.07, 6.45) is -4.38. The van der Waals surface area contributed by atoms with Gasteiger partial charge in [-0.3, -0.25) is 4.79 Å². The van der Waals surface area contributed by atoms with Crippen LogP contribution in [0.3, 0.4) is 0 Å². The molecule has 158 valence electrons. The minimum atomic E-state index is -4.60. The fraction of sp³-hybridized carbons (Fsp3) is 0.250. The van der Waals surface area contributed by atoms with Gasteiger partial charge in [-0.25, -0.2) is 4.79 Å². The SMILES string of the molecule is CCC(C(=O)O)n1/c(=N/C(=O)c2cccc(C(F)(F)F)c2)sc2cc(OC)ccc21. The Morgan fingerprint density at radius 2 is 1.97 bits per heavy atom. The lowest BCUT2D eigenvalue weighted by atomic mass is 10.1. The largest absolute Gasteiger partial charge is 0.497 e. The number of thiazole rings is 1. The van der Waals surface area contributed by atoms with Crippen molar-refractivity contribution in [2.75, 3.05) is 7.11 Å². The van der Waals surface area contributed by atoms with E-state index in [0.29, 0.717) is 16.0 Å². The van der Waals surface area contributed by atoms with Crippen LogP contribution in [0, 0.1) is 0 Å². The van der Waals surface area contributed by atoms with Gasteiger partial charge in [-0.1, -0.05) is 24.3 Å². The first-order chi connectivity index (χ1) is 14.2. The van der Waals surface area contributed by atoms with E-state index in [1.165, 1.54) is 17.7 Å². The number of hydrogen-bond acceptors (Lipinski definition) is 4. The molecular weight excluding hydrogens is 421 g/mol. The maximum atomic E-state index is 13.0. The highest BCUT2D eigenvalue weighted by Crippen LogP contribution is 2.30. The van der Waals surface area contributed by atoms with Crippen molar-refractivity contribution >= 4 is 33.4 Å². The van der Waals surface area contributed by atoms with Gasteiger partial charge in [0.15, 0.2) is 4.80 Å². The molecule has 0 aliphatic rings. The van der Waals surface area contributed by atoms with Crippen LogP contribution in [0.4, 0.5) is 13.2 Å². The molecule has 0 aliphatic heterocycles. The lowest BCUT2D eigenvalue weighted by molar-refractivity contribution is -0.141. The number of methoxy groups -OCH3 is 1. The van der Waals surface area contributed by atoms with Crippen LogP contribution < -0.4 is 9.54 Å². The normalized spacial score (nSPS) is 13.4. The summed E-state index contributed by atoms with van der Waals surface area (Å²) in [4.78, 5) is 28.4.